The second kappa shape index (κ2) is 10.4. The minimum absolute atomic E-state index is 0.861. The van der Waals surface area contributed by atoms with Crippen molar-refractivity contribution >= 4 is 34.5 Å². The number of hydrogen-bond acceptors (Lipinski definition) is 5. The van der Waals surface area contributed by atoms with Crippen LogP contribution in [0.2, 0.25) is 0 Å². The standard InChI is InChI=1S/C12H16N2.C11H13NOS/c1-13-12-4-2-10(3-5-12)11-6-8-14-9-7-11;1-8-10(7-14-11(8)6-13)9-2-4-12-5-3-9/h2-6,13-14H,7-9H2,1H3;2,6-7,12H,3-5H2,1H3. The van der Waals surface area contributed by atoms with Crippen LogP contribution in [0.25, 0.3) is 11.1 Å². The molecule has 4 rings (SSSR count). The Bertz CT molecular complexity index is 849. The third-order valence-electron chi connectivity index (χ3n) is 5.20. The molecule has 2 aromatic rings. The lowest BCUT2D eigenvalue weighted by molar-refractivity contribution is 0.112. The van der Waals surface area contributed by atoms with E-state index in [1.165, 1.54) is 28.0 Å². The lowest BCUT2D eigenvalue weighted by Gasteiger charge is -2.14. The lowest BCUT2D eigenvalue weighted by Crippen LogP contribution is -2.20. The summed E-state index contributed by atoms with van der Waals surface area (Å²) in [5, 5.41) is 11.8. The van der Waals surface area contributed by atoms with Crippen molar-refractivity contribution in [1.82, 2.24) is 10.6 Å². The molecule has 0 saturated carbocycles. The van der Waals surface area contributed by atoms with Crippen molar-refractivity contribution in [2.24, 2.45) is 0 Å². The summed E-state index contributed by atoms with van der Waals surface area (Å²) in [6.45, 7) is 6.11. The summed E-state index contributed by atoms with van der Waals surface area (Å²) < 4.78 is 0. The first-order chi connectivity index (χ1) is 13.7. The van der Waals surface area contributed by atoms with E-state index in [9.17, 15) is 4.79 Å². The van der Waals surface area contributed by atoms with Gasteiger partial charge in [-0.2, -0.15) is 0 Å². The zero-order chi connectivity index (χ0) is 19.8. The topological polar surface area (TPSA) is 53.2 Å². The van der Waals surface area contributed by atoms with Gasteiger partial charge in [-0.3, -0.25) is 4.79 Å². The maximum absolute atomic E-state index is 10.7. The number of nitrogens with one attached hydrogen (secondary N) is 3. The third kappa shape index (κ3) is 5.19. The third-order valence-corrected chi connectivity index (χ3v) is 6.21. The molecule has 0 saturated heterocycles. The number of aldehydes is 1. The molecule has 2 aliphatic heterocycles. The summed E-state index contributed by atoms with van der Waals surface area (Å²) in [6, 6.07) is 8.61. The van der Waals surface area contributed by atoms with Crippen LogP contribution in [0.3, 0.4) is 0 Å². The first-order valence-corrected chi connectivity index (χ1v) is 10.7. The van der Waals surface area contributed by atoms with E-state index in [2.05, 4.69) is 57.7 Å². The van der Waals surface area contributed by atoms with Gasteiger partial charge in [-0.25, -0.2) is 0 Å². The highest BCUT2D eigenvalue weighted by atomic mass is 32.1. The molecule has 0 unspecified atom stereocenters. The van der Waals surface area contributed by atoms with E-state index in [-0.39, 0.29) is 0 Å². The van der Waals surface area contributed by atoms with Crippen LogP contribution in [0.4, 0.5) is 5.69 Å². The molecule has 0 amide bonds. The highest BCUT2D eigenvalue weighted by molar-refractivity contribution is 7.12. The average Bonchev–Trinajstić information content (AvgIpc) is 3.16. The summed E-state index contributed by atoms with van der Waals surface area (Å²) in [5.74, 6) is 0. The van der Waals surface area contributed by atoms with Gasteiger partial charge >= 0.3 is 0 Å². The average molecular weight is 396 g/mol. The number of anilines is 1. The Balaban J connectivity index is 0.000000161. The molecule has 28 heavy (non-hydrogen) atoms. The van der Waals surface area contributed by atoms with Crippen molar-refractivity contribution in [3.05, 3.63) is 63.4 Å². The van der Waals surface area contributed by atoms with Crippen LogP contribution in [-0.4, -0.2) is 39.5 Å². The highest BCUT2D eigenvalue weighted by Gasteiger charge is 2.12. The van der Waals surface area contributed by atoms with Gasteiger partial charge in [0.15, 0.2) is 6.29 Å². The minimum atomic E-state index is 0.861. The summed E-state index contributed by atoms with van der Waals surface area (Å²) in [7, 11) is 1.94. The predicted octanol–water partition coefficient (Wildman–Crippen LogP) is 4.35. The van der Waals surface area contributed by atoms with Crippen LogP contribution in [0.15, 0.2) is 41.8 Å². The fourth-order valence-electron chi connectivity index (χ4n) is 3.47. The second-order valence-corrected chi connectivity index (χ2v) is 7.86. The number of rotatable bonds is 4. The second-order valence-electron chi connectivity index (χ2n) is 6.95. The molecular weight excluding hydrogens is 366 g/mol. The van der Waals surface area contributed by atoms with E-state index in [0.717, 1.165) is 55.7 Å². The van der Waals surface area contributed by atoms with Gasteiger partial charge in [0.05, 0.1) is 4.88 Å². The molecule has 0 bridgehead atoms. The number of carbonyl (C=O) groups is 1. The van der Waals surface area contributed by atoms with E-state index in [1.54, 1.807) is 11.3 Å². The molecule has 1 aromatic carbocycles. The SMILES string of the molecule is CNc1ccc(C2=CCNCC2)cc1.Cc1c(C2=CCNCC2)csc1C=O. The molecular formula is C23H29N3OS. The zero-order valence-electron chi connectivity index (χ0n) is 16.7. The van der Waals surface area contributed by atoms with Gasteiger partial charge in [0.2, 0.25) is 0 Å². The van der Waals surface area contributed by atoms with Crippen LogP contribution in [0.5, 0.6) is 0 Å². The van der Waals surface area contributed by atoms with Gasteiger partial charge in [-0.15, -0.1) is 11.3 Å². The maximum Gasteiger partial charge on any atom is 0.160 e. The van der Waals surface area contributed by atoms with E-state index in [1.807, 2.05) is 14.0 Å². The van der Waals surface area contributed by atoms with E-state index in [4.69, 9.17) is 0 Å². The number of thiophene rings is 1. The largest absolute Gasteiger partial charge is 0.388 e. The van der Waals surface area contributed by atoms with Crippen molar-refractivity contribution < 1.29 is 4.79 Å². The molecule has 0 fully saturated rings. The van der Waals surface area contributed by atoms with Crippen LogP contribution in [0.1, 0.15) is 39.2 Å². The van der Waals surface area contributed by atoms with E-state index >= 15 is 0 Å². The molecule has 0 radical (unpaired) electrons. The van der Waals surface area contributed by atoms with Crippen molar-refractivity contribution in [2.45, 2.75) is 19.8 Å². The molecule has 148 valence electrons. The number of hydrogen-bond donors (Lipinski definition) is 3. The van der Waals surface area contributed by atoms with Crippen molar-refractivity contribution in [3.63, 3.8) is 0 Å². The van der Waals surface area contributed by atoms with E-state index in [0.29, 0.717) is 0 Å². The van der Waals surface area contributed by atoms with Crippen molar-refractivity contribution in [2.75, 3.05) is 38.5 Å². The fraction of sp³-hybridized carbons (Fsp3) is 0.348. The Hall–Kier alpha value is -2.21. The van der Waals surface area contributed by atoms with Crippen LogP contribution in [0, 0.1) is 6.92 Å². The Morgan fingerprint density at radius 3 is 2.14 bits per heavy atom. The molecule has 4 nitrogen and oxygen atoms in total. The monoisotopic (exact) mass is 395 g/mol. The fourth-order valence-corrected chi connectivity index (χ4v) is 4.38. The number of carbonyl (C=O) groups excluding carboxylic acids is 1. The minimum Gasteiger partial charge on any atom is -0.388 e. The molecule has 3 N–H and O–H groups in total. The normalized spacial score (nSPS) is 16.4. The lowest BCUT2D eigenvalue weighted by atomic mass is 9.99. The summed E-state index contributed by atoms with van der Waals surface area (Å²) in [6.07, 6.45) is 7.64. The molecule has 5 heteroatoms. The van der Waals surface area contributed by atoms with Gasteiger partial charge in [-0.05, 0) is 78.2 Å². The Labute approximate surface area is 171 Å². The van der Waals surface area contributed by atoms with Gasteiger partial charge < -0.3 is 16.0 Å². The molecule has 0 spiro atoms. The molecule has 2 aliphatic rings. The molecule has 0 aliphatic carbocycles. The summed E-state index contributed by atoms with van der Waals surface area (Å²) in [4.78, 5) is 11.6. The van der Waals surface area contributed by atoms with E-state index < -0.39 is 0 Å². The van der Waals surface area contributed by atoms with Gasteiger partial charge in [0, 0.05) is 25.8 Å². The van der Waals surface area contributed by atoms with Crippen LogP contribution in [-0.2, 0) is 0 Å². The zero-order valence-corrected chi connectivity index (χ0v) is 17.5. The van der Waals surface area contributed by atoms with Crippen LogP contribution >= 0.6 is 11.3 Å². The van der Waals surface area contributed by atoms with Gasteiger partial charge in [0.1, 0.15) is 0 Å². The molecule has 3 heterocycles. The first-order valence-electron chi connectivity index (χ1n) is 9.84. The highest BCUT2D eigenvalue weighted by Crippen LogP contribution is 2.29. The maximum atomic E-state index is 10.7. The smallest absolute Gasteiger partial charge is 0.160 e. The van der Waals surface area contributed by atoms with Crippen molar-refractivity contribution in [3.8, 4) is 0 Å². The van der Waals surface area contributed by atoms with Gasteiger partial charge in [0.25, 0.3) is 0 Å². The number of benzene rings is 1. The summed E-state index contributed by atoms with van der Waals surface area (Å²) >= 11 is 1.54. The Morgan fingerprint density at radius 1 is 1.00 bits per heavy atom. The van der Waals surface area contributed by atoms with Crippen molar-refractivity contribution in [1.29, 1.82) is 0 Å². The van der Waals surface area contributed by atoms with Crippen LogP contribution < -0.4 is 16.0 Å². The first kappa shape index (κ1) is 20.5. The molecule has 0 atom stereocenters. The predicted molar refractivity (Wildman–Crippen MR) is 121 cm³/mol. The molecule has 1 aromatic heterocycles. The quantitative estimate of drug-likeness (QED) is 0.674. The summed E-state index contributed by atoms with van der Waals surface area (Å²) in [5.41, 5.74) is 7.77. The Kier molecular flexibility index (Phi) is 7.60. The van der Waals surface area contributed by atoms with Gasteiger partial charge in [-0.1, -0.05) is 24.3 Å². The Morgan fingerprint density at radius 2 is 1.64 bits per heavy atom.